The first-order chi connectivity index (χ1) is 8.58. The number of halogens is 2. The third kappa shape index (κ3) is 2.88. The zero-order chi connectivity index (χ0) is 13.1. The van der Waals surface area contributed by atoms with Crippen molar-refractivity contribution in [3.8, 4) is 11.6 Å². The molecule has 0 aliphatic heterocycles. The van der Waals surface area contributed by atoms with E-state index in [1.807, 2.05) is 22.6 Å². The maximum absolute atomic E-state index is 11.1. The van der Waals surface area contributed by atoms with Crippen molar-refractivity contribution in [3.63, 3.8) is 0 Å². The minimum absolute atomic E-state index is 0.0524. The predicted octanol–water partition coefficient (Wildman–Crippen LogP) is 3.23. The summed E-state index contributed by atoms with van der Waals surface area (Å²) in [6.07, 6.45) is 2.64. The van der Waals surface area contributed by atoms with Gasteiger partial charge in [-0.25, -0.2) is 14.8 Å². The number of ether oxygens (including phenoxy) is 1. The molecule has 0 radical (unpaired) electrons. The Morgan fingerprint density at radius 1 is 1.44 bits per heavy atom. The quantitative estimate of drug-likeness (QED) is 0.833. The number of rotatable bonds is 3. The summed E-state index contributed by atoms with van der Waals surface area (Å²) in [5.74, 6) is -0.771. The van der Waals surface area contributed by atoms with Crippen LogP contribution in [0.3, 0.4) is 0 Å². The topological polar surface area (TPSA) is 72.3 Å². The molecule has 0 saturated heterocycles. The first-order valence-electron chi connectivity index (χ1n) is 4.74. The van der Waals surface area contributed by atoms with Crippen molar-refractivity contribution in [2.24, 2.45) is 0 Å². The fraction of sp³-hybridized carbons (Fsp3) is 0. The lowest BCUT2D eigenvalue weighted by molar-refractivity contribution is 0.0694. The fourth-order valence-corrected chi connectivity index (χ4v) is 1.87. The molecule has 0 fully saturated rings. The van der Waals surface area contributed by atoms with Crippen molar-refractivity contribution in [1.82, 2.24) is 9.97 Å². The average Bonchev–Trinajstić information content (AvgIpc) is 2.34. The molecule has 2 rings (SSSR count). The number of carboxylic acid groups (broad SMARTS) is 1. The first-order valence-corrected chi connectivity index (χ1v) is 6.20. The van der Waals surface area contributed by atoms with Gasteiger partial charge in [-0.15, -0.1) is 0 Å². The molecule has 0 aliphatic carbocycles. The van der Waals surface area contributed by atoms with Crippen molar-refractivity contribution in [3.05, 3.63) is 44.9 Å². The molecular formula is C11H6ClIN2O3. The summed E-state index contributed by atoms with van der Waals surface area (Å²) in [5.41, 5.74) is 0.0524. The molecule has 0 saturated carbocycles. The van der Waals surface area contributed by atoms with Gasteiger partial charge in [0, 0.05) is 3.57 Å². The van der Waals surface area contributed by atoms with Gasteiger partial charge in [0.2, 0.25) is 5.88 Å². The van der Waals surface area contributed by atoms with E-state index in [0.717, 1.165) is 3.57 Å². The van der Waals surface area contributed by atoms with Gasteiger partial charge < -0.3 is 9.84 Å². The molecule has 0 amide bonds. The Balaban J connectivity index is 2.41. The number of aromatic nitrogens is 2. The highest BCUT2D eigenvalue weighted by Gasteiger charge is 2.14. The zero-order valence-corrected chi connectivity index (χ0v) is 11.7. The highest BCUT2D eigenvalue weighted by Crippen LogP contribution is 2.29. The van der Waals surface area contributed by atoms with Gasteiger partial charge in [0.25, 0.3) is 0 Å². The number of carbonyl (C=O) groups is 1. The summed E-state index contributed by atoms with van der Waals surface area (Å²) in [4.78, 5) is 18.7. The van der Waals surface area contributed by atoms with Crippen molar-refractivity contribution >= 4 is 40.2 Å². The number of nitrogens with zero attached hydrogens (tertiary/aromatic N) is 2. The van der Waals surface area contributed by atoms with E-state index in [4.69, 9.17) is 21.4 Å². The number of carboxylic acids is 1. The normalized spacial score (nSPS) is 10.1. The third-order valence-electron chi connectivity index (χ3n) is 2.01. The van der Waals surface area contributed by atoms with E-state index in [1.165, 1.54) is 18.6 Å². The van der Waals surface area contributed by atoms with Crippen LogP contribution in [-0.2, 0) is 0 Å². The molecule has 92 valence electrons. The molecule has 0 bridgehead atoms. The Bertz CT molecular complexity index is 607. The number of benzene rings is 1. The Hall–Kier alpha value is -1.41. The molecule has 0 unspecified atom stereocenters. The average molecular weight is 377 g/mol. The molecule has 2 aromatic rings. The van der Waals surface area contributed by atoms with Crippen LogP contribution in [0.1, 0.15) is 10.4 Å². The van der Waals surface area contributed by atoms with Crippen LogP contribution in [0.15, 0.2) is 30.7 Å². The standard InChI is InChI=1S/C11H6ClIN2O3/c12-8-4-14-5-15-10(8)18-9-2-1-6(13)3-7(9)11(16)17/h1-5H,(H,16,17). The summed E-state index contributed by atoms with van der Waals surface area (Å²) >= 11 is 7.86. The highest BCUT2D eigenvalue weighted by atomic mass is 127. The minimum atomic E-state index is -1.08. The lowest BCUT2D eigenvalue weighted by Crippen LogP contribution is -2.01. The molecule has 1 heterocycles. The van der Waals surface area contributed by atoms with Crippen LogP contribution in [0.2, 0.25) is 5.02 Å². The van der Waals surface area contributed by atoms with Crippen molar-refractivity contribution < 1.29 is 14.6 Å². The van der Waals surface area contributed by atoms with Crippen LogP contribution < -0.4 is 4.74 Å². The number of aromatic carboxylic acids is 1. The summed E-state index contributed by atoms with van der Waals surface area (Å²) in [6, 6.07) is 4.80. The fourth-order valence-electron chi connectivity index (χ4n) is 1.24. The first kappa shape index (κ1) is 13.0. The van der Waals surface area contributed by atoms with Crippen LogP contribution >= 0.6 is 34.2 Å². The largest absolute Gasteiger partial charge is 0.478 e. The van der Waals surface area contributed by atoms with E-state index in [0.29, 0.717) is 0 Å². The zero-order valence-electron chi connectivity index (χ0n) is 8.80. The smallest absolute Gasteiger partial charge is 0.339 e. The monoisotopic (exact) mass is 376 g/mol. The van der Waals surface area contributed by atoms with Gasteiger partial charge in [0.05, 0.1) is 6.20 Å². The molecule has 0 spiro atoms. The molecule has 1 aromatic carbocycles. The predicted molar refractivity (Wildman–Crippen MR) is 73.2 cm³/mol. The van der Waals surface area contributed by atoms with Crippen LogP contribution in [0.25, 0.3) is 0 Å². The number of hydrogen-bond acceptors (Lipinski definition) is 4. The number of hydrogen-bond donors (Lipinski definition) is 1. The Morgan fingerprint density at radius 2 is 2.22 bits per heavy atom. The maximum atomic E-state index is 11.1. The third-order valence-corrected chi connectivity index (χ3v) is 2.94. The Labute approximate surface area is 121 Å². The van der Waals surface area contributed by atoms with Gasteiger partial charge >= 0.3 is 5.97 Å². The van der Waals surface area contributed by atoms with Gasteiger partial charge in [-0.3, -0.25) is 0 Å². The van der Waals surface area contributed by atoms with Crippen LogP contribution in [0, 0.1) is 3.57 Å². The molecular weight excluding hydrogens is 370 g/mol. The van der Waals surface area contributed by atoms with Crippen LogP contribution in [-0.4, -0.2) is 21.0 Å². The molecule has 18 heavy (non-hydrogen) atoms. The van der Waals surface area contributed by atoms with E-state index in [2.05, 4.69) is 9.97 Å². The Kier molecular flexibility index (Phi) is 3.97. The van der Waals surface area contributed by atoms with E-state index in [9.17, 15) is 4.79 Å². The van der Waals surface area contributed by atoms with Crippen molar-refractivity contribution in [2.45, 2.75) is 0 Å². The molecule has 5 nitrogen and oxygen atoms in total. The lowest BCUT2D eigenvalue weighted by Gasteiger charge is -2.08. The van der Waals surface area contributed by atoms with E-state index in [-0.39, 0.29) is 22.2 Å². The van der Waals surface area contributed by atoms with Gasteiger partial charge in [-0.2, -0.15) is 0 Å². The lowest BCUT2D eigenvalue weighted by atomic mass is 10.2. The maximum Gasteiger partial charge on any atom is 0.339 e. The van der Waals surface area contributed by atoms with E-state index >= 15 is 0 Å². The Morgan fingerprint density at radius 3 is 2.89 bits per heavy atom. The summed E-state index contributed by atoms with van der Waals surface area (Å²) in [5, 5.41) is 9.30. The second kappa shape index (κ2) is 5.49. The van der Waals surface area contributed by atoms with E-state index in [1.54, 1.807) is 12.1 Å². The van der Waals surface area contributed by atoms with Crippen molar-refractivity contribution in [1.29, 1.82) is 0 Å². The molecule has 0 aliphatic rings. The second-order valence-corrected chi connectivity index (χ2v) is 4.88. The second-order valence-electron chi connectivity index (χ2n) is 3.22. The SMILES string of the molecule is O=C(O)c1cc(I)ccc1Oc1ncncc1Cl. The van der Waals surface area contributed by atoms with Gasteiger partial charge in [-0.1, -0.05) is 11.6 Å². The van der Waals surface area contributed by atoms with Crippen LogP contribution in [0.4, 0.5) is 0 Å². The molecule has 1 N–H and O–H groups in total. The van der Waals surface area contributed by atoms with Gasteiger partial charge in [0.15, 0.2) is 0 Å². The molecule has 7 heteroatoms. The summed E-state index contributed by atoms with van der Waals surface area (Å²) in [7, 11) is 0. The molecule has 0 atom stereocenters. The van der Waals surface area contributed by atoms with Crippen LogP contribution in [0.5, 0.6) is 11.6 Å². The van der Waals surface area contributed by atoms with E-state index < -0.39 is 5.97 Å². The van der Waals surface area contributed by atoms with Gasteiger partial charge in [-0.05, 0) is 40.8 Å². The minimum Gasteiger partial charge on any atom is -0.478 e. The summed E-state index contributed by atoms with van der Waals surface area (Å²) in [6.45, 7) is 0. The van der Waals surface area contributed by atoms with Gasteiger partial charge in [0.1, 0.15) is 22.7 Å². The molecule has 1 aromatic heterocycles. The summed E-state index contributed by atoms with van der Waals surface area (Å²) < 4.78 is 6.19. The van der Waals surface area contributed by atoms with Crippen molar-refractivity contribution in [2.75, 3.05) is 0 Å². The highest BCUT2D eigenvalue weighted by molar-refractivity contribution is 14.1.